The van der Waals surface area contributed by atoms with Gasteiger partial charge >= 0.3 is 0 Å². The summed E-state index contributed by atoms with van der Waals surface area (Å²) in [7, 11) is 0. The van der Waals surface area contributed by atoms with Crippen molar-refractivity contribution in [1.82, 2.24) is 0 Å². The largest absolute Gasteiger partial charge is 0.327 e. The van der Waals surface area contributed by atoms with Gasteiger partial charge in [-0.25, -0.2) is 0 Å². The number of rotatable bonds is 1. The van der Waals surface area contributed by atoms with E-state index in [9.17, 15) is 0 Å². The van der Waals surface area contributed by atoms with Crippen molar-refractivity contribution >= 4 is 5.57 Å². The van der Waals surface area contributed by atoms with E-state index < -0.39 is 0 Å². The van der Waals surface area contributed by atoms with Gasteiger partial charge in [-0.1, -0.05) is 36.4 Å². The molecule has 2 N–H and O–H groups in total. The minimum Gasteiger partial charge on any atom is -0.327 e. The summed E-state index contributed by atoms with van der Waals surface area (Å²) in [4.78, 5) is 0. The molecule has 0 fully saturated rings. The SMILES string of the molecule is N[C@@H]1CC=C(c2ccccc2)CC1. The summed E-state index contributed by atoms with van der Waals surface area (Å²) in [5.41, 5.74) is 8.65. The lowest BCUT2D eigenvalue weighted by Crippen LogP contribution is -2.21. The molecule has 0 aliphatic heterocycles. The molecule has 1 aliphatic rings. The van der Waals surface area contributed by atoms with Gasteiger partial charge in [0.05, 0.1) is 0 Å². The maximum atomic E-state index is 5.83. The van der Waals surface area contributed by atoms with Crippen molar-refractivity contribution in [1.29, 1.82) is 0 Å². The predicted molar refractivity (Wildman–Crippen MR) is 56.2 cm³/mol. The van der Waals surface area contributed by atoms with E-state index in [1.807, 2.05) is 0 Å². The van der Waals surface area contributed by atoms with Crippen molar-refractivity contribution in [2.24, 2.45) is 5.73 Å². The zero-order chi connectivity index (χ0) is 9.10. The van der Waals surface area contributed by atoms with E-state index in [0.29, 0.717) is 6.04 Å². The van der Waals surface area contributed by atoms with Gasteiger partial charge in [-0.3, -0.25) is 0 Å². The molecule has 1 atom stereocenters. The number of hydrogen-bond donors (Lipinski definition) is 1. The molecule has 0 spiro atoms. The van der Waals surface area contributed by atoms with Crippen LogP contribution in [0.2, 0.25) is 0 Å². The third-order valence-corrected chi connectivity index (χ3v) is 2.60. The Bertz CT molecular complexity index is 300. The van der Waals surface area contributed by atoms with Crippen LogP contribution in [0.1, 0.15) is 24.8 Å². The molecule has 68 valence electrons. The Labute approximate surface area is 79.3 Å². The quantitative estimate of drug-likeness (QED) is 0.694. The number of hydrogen-bond acceptors (Lipinski definition) is 1. The summed E-state index contributed by atoms with van der Waals surface area (Å²) in [5.74, 6) is 0. The summed E-state index contributed by atoms with van der Waals surface area (Å²) < 4.78 is 0. The van der Waals surface area contributed by atoms with Gasteiger partial charge in [0.1, 0.15) is 0 Å². The molecule has 1 aromatic carbocycles. The Balaban J connectivity index is 2.19. The van der Waals surface area contributed by atoms with Gasteiger partial charge in [0.25, 0.3) is 0 Å². The highest BCUT2D eigenvalue weighted by atomic mass is 14.6. The smallest absolute Gasteiger partial charge is 0.00767 e. The van der Waals surface area contributed by atoms with Gasteiger partial charge in [-0.2, -0.15) is 0 Å². The minimum atomic E-state index is 0.382. The van der Waals surface area contributed by atoms with Crippen LogP contribution in [0.15, 0.2) is 36.4 Å². The Morgan fingerprint density at radius 2 is 1.92 bits per heavy atom. The van der Waals surface area contributed by atoms with Crippen molar-refractivity contribution in [2.75, 3.05) is 0 Å². The van der Waals surface area contributed by atoms with Crippen LogP contribution in [0.5, 0.6) is 0 Å². The molecule has 0 saturated heterocycles. The lowest BCUT2D eigenvalue weighted by atomic mass is 9.91. The van der Waals surface area contributed by atoms with Crippen molar-refractivity contribution in [3.63, 3.8) is 0 Å². The van der Waals surface area contributed by atoms with Crippen LogP contribution in [-0.2, 0) is 0 Å². The number of nitrogens with two attached hydrogens (primary N) is 1. The van der Waals surface area contributed by atoms with Crippen molar-refractivity contribution in [3.05, 3.63) is 42.0 Å². The van der Waals surface area contributed by atoms with Crippen molar-refractivity contribution in [2.45, 2.75) is 25.3 Å². The van der Waals surface area contributed by atoms with Crippen LogP contribution in [-0.4, -0.2) is 6.04 Å². The van der Waals surface area contributed by atoms with E-state index in [-0.39, 0.29) is 0 Å². The van der Waals surface area contributed by atoms with Crippen LogP contribution in [0.25, 0.3) is 5.57 Å². The molecule has 0 unspecified atom stereocenters. The van der Waals surface area contributed by atoms with Crippen molar-refractivity contribution < 1.29 is 0 Å². The van der Waals surface area contributed by atoms with E-state index in [1.165, 1.54) is 11.1 Å². The molecule has 0 heterocycles. The monoisotopic (exact) mass is 173 g/mol. The van der Waals surface area contributed by atoms with Crippen LogP contribution in [0, 0.1) is 0 Å². The zero-order valence-electron chi connectivity index (χ0n) is 7.74. The summed E-state index contributed by atoms with van der Waals surface area (Å²) >= 11 is 0. The van der Waals surface area contributed by atoms with E-state index >= 15 is 0 Å². The first kappa shape index (κ1) is 8.52. The predicted octanol–water partition coefficient (Wildman–Crippen LogP) is 2.58. The first-order chi connectivity index (χ1) is 6.36. The Hall–Kier alpha value is -1.08. The minimum absolute atomic E-state index is 0.382. The lowest BCUT2D eigenvalue weighted by Gasteiger charge is -2.18. The van der Waals surface area contributed by atoms with Gasteiger partial charge in [0.15, 0.2) is 0 Å². The zero-order valence-corrected chi connectivity index (χ0v) is 7.74. The van der Waals surface area contributed by atoms with Crippen molar-refractivity contribution in [3.8, 4) is 0 Å². The Kier molecular flexibility index (Phi) is 2.46. The molecule has 1 aliphatic carbocycles. The fraction of sp³-hybridized carbons (Fsp3) is 0.333. The van der Waals surface area contributed by atoms with E-state index in [0.717, 1.165) is 19.3 Å². The summed E-state index contributed by atoms with van der Waals surface area (Å²) in [6.07, 6.45) is 5.57. The van der Waals surface area contributed by atoms with Crippen LogP contribution < -0.4 is 5.73 Å². The average Bonchev–Trinajstić information content (AvgIpc) is 2.20. The Morgan fingerprint density at radius 3 is 2.54 bits per heavy atom. The van der Waals surface area contributed by atoms with Gasteiger partial charge in [0.2, 0.25) is 0 Å². The third kappa shape index (κ3) is 1.99. The maximum absolute atomic E-state index is 5.83. The fourth-order valence-electron chi connectivity index (χ4n) is 1.77. The second kappa shape index (κ2) is 3.75. The molecule has 13 heavy (non-hydrogen) atoms. The van der Waals surface area contributed by atoms with Gasteiger partial charge in [0, 0.05) is 6.04 Å². The van der Waals surface area contributed by atoms with Crippen LogP contribution in [0.4, 0.5) is 0 Å². The van der Waals surface area contributed by atoms with E-state index in [1.54, 1.807) is 0 Å². The van der Waals surface area contributed by atoms with Crippen LogP contribution in [0.3, 0.4) is 0 Å². The number of benzene rings is 1. The van der Waals surface area contributed by atoms with E-state index in [4.69, 9.17) is 5.73 Å². The molecule has 2 rings (SSSR count). The van der Waals surface area contributed by atoms with Gasteiger partial charge < -0.3 is 5.73 Å². The standard InChI is InChI=1S/C12H15N/c13-12-8-6-11(7-9-12)10-4-2-1-3-5-10/h1-6,12H,7-9,13H2/t12-/m1/s1. The molecule has 1 aromatic rings. The van der Waals surface area contributed by atoms with Crippen LogP contribution >= 0.6 is 0 Å². The second-order valence-electron chi connectivity index (χ2n) is 3.63. The molecular formula is C12H15N. The maximum Gasteiger partial charge on any atom is 0.00767 e. The molecular weight excluding hydrogens is 158 g/mol. The molecule has 0 bridgehead atoms. The first-order valence-corrected chi connectivity index (χ1v) is 4.86. The average molecular weight is 173 g/mol. The first-order valence-electron chi connectivity index (χ1n) is 4.86. The number of allylic oxidation sites excluding steroid dienone is 1. The molecule has 1 nitrogen and oxygen atoms in total. The normalized spacial score (nSPS) is 22.5. The molecule has 0 aromatic heterocycles. The highest BCUT2D eigenvalue weighted by Crippen LogP contribution is 2.25. The summed E-state index contributed by atoms with van der Waals surface area (Å²) in [6.45, 7) is 0. The lowest BCUT2D eigenvalue weighted by molar-refractivity contribution is 0.614. The fourth-order valence-corrected chi connectivity index (χ4v) is 1.77. The molecule has 0 saturated carbocycles. The van der Waals surface area contributed by atoms with Gasteiger partial charge in [-0.05, 0) is 30.4 Å². The molecule has 0 amide bonds. The third-order valence-electron chi connectivity index (χ3n) is 2.60. The summed E-state index contributed by atoms with van der Waals surface area (Å²) in [6, 6.07) is 11.0. The molecule has 1 heteroatoms. The van der Waals surface area contributed by atoms with E-state index in [2.05, 4.69) is 36.4 Å². The summed E-state index contributed by atoms with van der Waals surface area (Å²) in [5, 5.41) is 0. The Morgan fingerprint density at radius 1 is 1.15 bits per heavy atom. The topological polar surface area (TPSA) is 26.0 Å². The van der Waals surface area contributed by atoms with Gasteiger partial charge in [-0.15, -0.1) is 0 Å². The highest BCUT2D eigenvalue weighted by Gasteiger charge is 2.10. The second-order valence-corrected chi connectivity index (χ2v) is 3.63. The highest BCUT2D eigenvalue weighted by molar-refractivity contribution is 5.66. The molecule has 0 radical (unpaired) electrons.